The van der Waals surface area contributed by atoms with Crippen LogP contribution in [0.4, 0.5) is 0 Å². The van der Waals surface area contributed by atoms with Crippen molar-refractivity contribution < 1.29 is 9.47 Å². The lowest BCUT2D eigenvalue weighted by Gasteiger charge is -2.32. The first-order valence-corrected chi connectivity index (χ1v) is 6.88. The van der Waals surface area contributed by atoms with Gasteiger partial charge in [0.05, 0.1) is 11.9 Å². The number of hydrogen-bond donors (Lipinski definition) is 1. The van der Waals surface area contributed by atoms with Crippen molar-refractivity contribution in [2.45, 2.75) is 25.9 Å². The lowest BCUT2D eigenvalue weighted by molar-refractivity contribution is -0.383. The van der Waals surface area contributed by atoms with E-state index in [0.717, 1.165) is 17.9 Å². The number of imidazole rings is 1. The van der Waals surface area contributed by atoms with E-state index in [1.807, 2.05) is 6.92 Å². The number of ether oxygens (including phenoxy) is 2. The maximum absolute atomic E-state index is 5.41. The van der Waals surface area contributed by atoms with Crippen LogP contribution in [-0.4, -0.2) is 16.3 Å². The third-order valence-corrected chi connectivity index (χ3v) is 3.54. The number of halogens is 1. The minimum atomic E-state index is -0.280. The van der Waals surface area contributed by atoms with E-state index in [-0.39, 0.29) is 12.6 Å². The summed E-state index contributed by atoms with van der Waals surface area (Å²) in [6.45, 7) is 1.87. The highest BCUT2D eigenvalue weighted by Crippen LogP contribution is 2.30. The molecular weight excluding hydrogens is 343 g/mol. The largest absolute Gasteiger partial charge is 0.341 e. The Morgan fingerprint density at radius 1 is 1.28 bits per heavy atom. The smallest absolute Gasteiger partial charge is 0.205 e. The second-order valence-corrected chi connectivity index (χ2v) is 5.51. The molecule has 18 heavy (non-hydrogen) atoms. The molecule has 1 N–H and O–H groups in total. The van der Waals surface area contributed by atoms with Gasteiger partial charge in [-0.05, 0) is 47.2 Å². The topological polar surface area (TPSA) is 47.1 Å². The van der Waals surface area contributed by atoms with Gasteiger partial charge in [-0.1, -0.05) is 12.1 Å². The summed E-state index contributed by atoms with van der Waals surface area (Å²) in [7, 11) is 0. The van der Waals surface area contributed by atoms with E-state index in [2.05, 4.69) is 56.8 Å². The molecule has 5 heteroatoms. The molecule has 0 amide bonds. The summed E-state index contributed by atoms with van der Waals surface area (Å²) in [5.41, 5.74) is 2.12. The van der Waals surface area contributed by atoms with Gasteiger partial charge in [0.1, 0.15) is 5.82 Å². The van der Waals surface area contributed by atoms with Crippen molar-refractivity contribution >= 4 is 22.6 Å². The third kappa shape index (κ3) is 2.57. The van der Waals surface area contributed by atoms with Crippen molar-refractivity contribution in [3.63, 3.8) is 0 Å². The van der Waals surface area contributed by atoms with Gasteiger partial charge in [-0.15, -0.1) is 0 Å². The molecule has 1 aromatic heterocycles. The quantitative estimate of drug-likeness (QED) is 0.861. The third-order valence-electron chi connectivity index (χ3n) is 2.82. The standard InChI is InChI=1S/C13H13IN2O2/c1-8-17-13(18-8)11-7-15-12(16-11)6-9-2-4-10(14)5-3-9/h2-5,7-8,13H,6H2,1H3,(H,15,16). The Bertz CT molecular complexity index is 532. The Morgan fingerprint density at radius 3 is 2.67 bits per heavy atom. The van der Waals surface area contributed by atoms with E-state index in [1.54, 1.807) is 6.20 Å². The van der Waals surface area contributed by atoms with E-state index < -0.39 is 0 Å². The Balaban J connectivity index is 1.68. The van der Waals surface area contributed by atoms with Crippen molar-refractivity contribution in [1.82, 2.24) is 9.97 Å². The van der Waals surface area contributed by atoms with Crippen LogP contribution in [0.25, 0.3) is 0 Å². The van der Waals surface area contributed by atoms with Gasteiger partial charge in [-0.2, -0.15) is 0 Å². The van der Waals surface area contributed by atoms with Gasteiger partial charge in [-0.3, -0.25) is 0 Å². The molecule has 2 heterocycles. The van der Waals surface area contributed by atoms with Crippen molar-refractivity contribution in [2.75, 3.05) is 0 Å². The normalized spacial score (nSPS) is 22.8. The second-order valence-electron chi connectivity index (χ2n) is 4.26. The molecule has 2 aromatic rings. The van der Waals surface area contributed by atoms with Crippen LogP contribution in [0.3, 0.4) is 0 Å². The minimum Gasteiger partial charge on any atom is -0.341 e. The highest BCUT2D eigenvalue weighted by Gasteiger charge is 2.29. The Hall–Kier alpha value is -0.920. The minimum absolute atomic E-state index is 0.113. The number of hydrogen-bond acceptors (Lipinski definition) is 3. The number of aromatic nitrogens is 2. The Kier molecular flexibility index (Phi) is 3.36. The van der Waals surface area contributed by atoms with Gasteiger partial charge < -0.3 is 14.5 Å². The predicted octanol–water partition coefficient (Wildman–Crippen LogP) is 3.00. The molecule has 0 spiro atoms. The summed E-state index contributed by atoms with van der Waals surface area (Å²) in [6, 6.07) is 8.42. The molecule has 3 rings (SSSR count). The summed E-state index contributed by atoms with van der Waals surface area (Å²) >= 11 is 2.30. The van der Waals surface area contributed by atoms with Crippen LogP contribution in [0.5, 0.6) is 0 Å². The van der Waals surface area contributed by atoms with Crippen LogP contribution in [0.2, 0.25) is 0 Å². The molecule has 1 fully saturated rings. The molecule has 4 nitrogen and oxygen atoms in total. The fraction of sp³-hybridized carbons (Fsp3) is 0.308. The zero-order valence-electron chi connectivity index (χ0n) is 9.89. The van der Waals surface area contributed by atoms with E-state index in [4.69, 9.17) is 9.47 Å². The first-order valence-electron chi connectivity index (χ1n) is 5.80. The van der Waals surface area contributed by atoms with Crippen LogP contribution in [-0.2, 0) is 15.9 Å². The Labute approximate surface area is 119 Å². The molecular formula is C13H13IN2O2. The van der Waals surface area contributed by atoms with Crippen LogP contribution in [0.1, 0.15) is 30.3 Å². The zero-order chi connectivity index (χ0) is 12.5. The molecule has 0 radical (unpaired) electrons. The lowest BCUT2D eigenvalue weighted by atomic mass is 10.1. The first-order chi connectivity index (χ1) is 8.70. The van der Waals surface area contributed by atoms with Crippen LogP contribution in [0, 0.1) is 3.57 Å². The summed E-state index contributed by atoms with van der Waals surface area (Å²) in [4.78, 5) is 7.58. The van der Waals surface area contributed by atoms with E-state index in [1.165, 1.54) is 9.13 Å². The molecule has 94 valence electrons. The molecule has 0 saturated carbocycles. The van der Waals surface area contributed by atoms with E-state index in [9.17, 15) is 0 Å². The van der Waals surface area contributed by atoms with Crippen LogP contribution < -0.4 is 0 Å². The number of aromatic amines is 1. The lowest BCUT2D eigenvalue weighted by Crippen LogP contribution is -2.31. The maximum atomic E-state index is 5.41. The average Bonchev–Trinajstić information content (AvgIpc) is 2.76. The summed E-state index contributed by atoms with van der Waals surface area (Å²) in [6.07, 6.45) is 2.17. The highest BCUT2D eigenvalue weighted by molar-refractivity contribution is 14.1. The molecule has 1 aliphatic rings. The van der Waals surface area contributed by atoms with Crippen LogP contribution >= 0.6 is 22.6 Å². The molecule has 0 bridgehead atoms. The van der Waals surface area contributed by atoms with E-state index >= 15 is 0 Å². The summed E-state index contributed by atoms with van der Waals surface area (Å²) < 4.78 is 12.1. The number of benzene rings is 1. The van der Waals surface area contributed by atoms with Crippen molar-refractivity contribution in [3.8, 4) is 0 Å². The second kappa shape index (κ2) is 4.99. The number of rotatable bonds is 3. The van der Waals surface area contributed by atoms with E-state index in [0.29, 0.717) is 0 Å². The molecule has 1 aromatic carbocycles. The van der Waals surface area contributed by atoms with Gasteiger partial charge in [-0.25, -0.2) is 4.98 Å². The van der Waals surface area contributed by atoms with Crippen molar-refractivity contribution in [2.24, 2.45) is 0 Å². The molecule has 0 aliphatic carbocycles. The van der Waals surface area contributed by atoms with Gasteiger partial charge in [0.25, 0.3) is 0 Å². The number of H-pyrrole nitrogens is 1. The van der Waals surface area contributed by atoms with Gasteiger partial charge in [0.2, 0.25) is 6.29 Å². The van der Waals surface area contributed by atoms with Gasteiger partial charge >= 0.3 is 0 Å². The van der Waals surface area contributed by atoms with Crippen molar-refractivity contribution in [1.29, 1.82) is 0 Å². The van der Waals surface area contributed by atoms with Gasteiger partial charge in [0, 0.05) is 9.99 Å². The first kappa shape index (κ1) is 12.1. The van der Waals surface area contributed by atoms with Crippen molar-refractivity contribution in [3.05, 3.63) is 51.1 Å². The average molecular weight is 356 g/mol. The van der Waals surface area contributed by atoms with Crippen LogP contribution in [0.15, 0.2) is 30.5 Å². The predicted molar refractivity (Wildman–Crippen MR) is 74.9 cm³/mol. The maximum Gasteiger partial charge on any atom is 0.205 e. The Morgan fingerprint density at radius 2 is 2.00 bits per heavy atom. The number of nitrogens with one attached hydrogen (secondary N) is 1. The highest BCUT2D eigenvalue weighted by atomic mass is 127. The van der Waals surface area contributed by atoms with Gasteiger partial charge in [0.15, 0.2) is 6.29 Å². The fourth-order valence-electron chi connectivity index (χ4n) is 1.89. The summed E-state index contributed by atoms with van der Waals surface area (Å²) in [5, 5.41) is 0. The SMILES string of the molecule is CC1OC(c2cnc(Cc3ccc(I)cc3)[nH]2)O1. The molecule has 1 aliphatic heterocycles. The zero-order valence-corrected chi connectivity index (χ0v) is 12.0. The number of nitrogens with zero attached hydrogens (tertiary/aromatic N) is 1. The molecule has 1 saturated heterocycles. The molecule has 0 unspecified atom stereocenters. The molecule has 0 atom stereocenters. The summed E-state index contributed by atoms with van der Waals surface area (Å²) in [5.74, 6) is 0.929. The monoisotopic (exact) mass is 356 g/mol. The fourth-order valence-corrected chi connectivity index (χ4v) is 2.25.